The Balaban J connectivity index is 3.88. The van der Waals surface area contributed by atoms with Crippen molar-refractivity contribution in [1.82, 2.24) is 0 Å². The molecule has 102 valence electrons. The molecule has 0 aliphatic carbocycles. The molecule has 0 heterocycles. The number of benzene rings is 1. The molecule has 1 rings (SSSR count). The maximum atomic E-state index is 13.5. The molecule has 19 heavy (non-hydrogen) atoms. The summed E-state index contributed by atoms with van der Waals surface area (Å²) in [6.07, 6.45) is -0.669. The fourth-order valence-corrected chi connectivity index (χ4v) is 1.60. The molecule has 1 atom stereocenters. The Morgan fingerprint density at radius 3 is 1.74 bits per heavy atom. The van der Waals surface area contributed by atoms with Crippen LogP contribution in [0.3, 0.4) is 0 Å². The van der Waals surface area contributed by atoms with Gasteiger partial charge in [0.2, 0.25) is 5.82 Å². The Morgan fingerprint density at radius 2 is 1.47 bits per heavy atom. The molecule has 3 nitrogen and oxygen atoms in total. The van der Waals surface area contributed by atoms with E-state index in [1.54, 1.807) is 0 Å². The van der Waals surface area contributed by atoms with Gasteiger partial charge >= 0.3 is 5.97 Å². The summed E-state index contributed by atoms with van der Waals surface area (Å²) in [5, 5.41) is 17.7. The average Bonchev–Trinajstić information content (AvgIpc) is 2.39. The van der Waals surface area contributed by atoms with Crippen LogP contribution >= 0.6 is 0 Å². The molecule has 0 spiro atoms. The predicted molar refractivity (Wildman–Crippen MR) is 51.4 cm³/mol. The molecule has 1 N–H and O–H groups in total. The van der Waals surface area contributed by atoms with Gasteiger partial charge in [0.05, 0.1) is 11.6 Å². The number of rotatable bonds is 3. The lowest BCUT2D eigenvalue weighted by atomic mass is 9.78. The van der Waals surface area contributed by atoms with E-state index in [2.05, 4.69) is 0 Å². The van der Waals surface area contributed by atoms with Crippen molar-refractivity contribution in [2.45, 2.75) is 18.8 Å². The third kappa shape index (κ3) is 1.91. The highest BCUT2D eigenvalue weighted by Crippen LogP contribution is 2.35. The van der Waals surface area contributed by atoms with Crippen LogP contribution in [0.1, 0.15) is 18.9 Å². The maximum absolute atomic E-state index is 13.5. The van der Waals surface area contributed by atoms with Gasteiger partial charge in [-0.05, 0) is 6.42 Å². The lowest BCUT2D eigenvalue weighted by Gasteiger charge is -2.22. The Hall–Kier alpha value is -2.17. The zero-order chi connectivity index (χ0) is 15.0. The van der Waals surface area contributed by atoms with Gasteiger partial charge in [0.25, 0.3) is 0 Å². The first kappa shape index (κ1) is 14.9. The Kier molecular flexibility index (Phi) is 3.79. The highest BCUT2D eigenvalue weighted by atomic mass is 19.2. The Labute approximate surface area is 103 Å². The molecular formula is C11H6F5NO2. The summed E-state index contributed by atoms with van der Waals surface area (Å²) in [5.74, 6) is -13.6. The van der Waals surface area contributed by atoms with Crippen molar-refractivity contribution in [2.24, 2.45) is 0 Å². The Morgan fingerprint density at radius 1 is 1.11 bits per heavy atom. The van der Waals surface area contributed by atoms with Gasteiger partial charge in [-0.3, -0.25) is 4.79 Å². The van der Waals surface area contributed by atoms with Crippen LogP contribution < -0.4 is 0 Å². The maximum Gasteiger partial charge on any atom is 0.328 e. The zero-order valence-corrected chi connectivity index (χ0v) is 9.40. The predicted octanol–water partition coefficient (Wildman–Crippen LogP) is 2.64. The van der Waals surface area contributed by atoms with Crippen molar-refractivity contribution < 1.29 is 31.9 Å². The van der Waals surface area contributed by atoms with Gasteiger partial charge in [-0.25, -0.2) is 22.0 Å². The fraction of sp³-hybridized carbons (Fsp3) is 0.273. The number of carbonyl (C=O) groups is 1. The van der Waals surface area contributed by atoms with Gasteiger partial charge in [-0.15, -0.1) is 0 Å². The standard InChI is InChI=1S/C11H6F5NO2/c1-2-11(3-17,10(18)19)4-5(12)7(14)9(16)8(15)6(4)13/h2H2,1H3,(H,18,19). The minimum Gasteiger partial charge on any atom is -0.480 e. The van der Waals surface area contributed by atoms with Crippen molar-refractivity contribution in [3.63, 3.8) is 0 Å². The summed E-state index contributed by atoms with van der Waals surface area (Å²) in [4.78, 5) is 11.0. The van der Waals surface area contributed by atoms with Crippen molar-refractivity contribution in [3.05, 3.63) is 34.6 Å². The van der Waals surface area contributed by atoms with E-state index in [0.717, 1.165) is 13.0 Å². The SMILES string of the molecule is CCC(C#N)(C(=O)O)c1c(F)c(F)c(F)c(F)c1F. The molecule has 1 aromatic carbocycles. The van der Waals surface area contributed by atoms with E-state index in [0.29, 0.717) is 0 Å². The highest BCUT2D eigenvalue weighted by Gasteiger charge is 2.46. The first-order valence-corrected chi connectivity index (χ1v) is 4.91. The summed E-state index contributed by atoms with van der Waals surface area (Å²) in [6.45, 7) is 1.08. The molecule has 1 unspecified atom stereocenters. The molecule has 0 saturated carbocycles. The van der Waals surface area contributed by atoms with Gasteiger partial charge in [0, 0.05) is 0 Å². The number of nitriles is 1. The first-order chi connectivity index (χ1) is 8.74. The monoisotopic (exact) mass is 279 g/mol. The molecule has 8 heteroatoms. The van der Waals surface area contributed by atoms with Crippen LogP contribution in [-0.2, 0) is 10.2 Å². The molecule has 0 aliphatic rings. The quantitative estimate of drug-likeness (QED) is 0.525. The Bertz CT molecular complexity index is 567. The molecule has 0 amide bonds. The van der Waals surface area contributed by atoms with E-state index in [1.807, 2.05) is 0 Å². The van der Waals surface area contributed by atoms with Crippen molar-refractivity contribution >= 4 is 5.97 Å². The number of hydrogen-bond acceptors (Lipinski definition) is 2. The minimum absolute atomic E-state index is 0.669. The molecule has 0 saturated heterocycles. The van der Waals surface area contributed by atoms with Crippen LogP contribution in [0.25, 0.3) is 0 Å². The number of halogens is 5. The smallest absolute Gasteiger partial charge is 0.328 e. The molecule has 0 radical (unpaired) electrons. The number of aliphatic carboxylic acids is 1. The van der Waals surface area contributed by atoms with Crippen LogP contribution in [0.5, 0.6) is 0 Å². The van der Waals surface area contributed by atoms with E-state index in [1.165, 1.54) is 0 Å². The second-order valence-electron chi connectivity index (χ2n) is 3.62. The number of nitrogens with zero attached hydrogens (tertiary/aromatic N) is 1. The number of hydrogen-bond donors (Lipinski definition) is 1. The second kappa shape index (κ2) is 4.84. The van der Waals surface area contributed by atoms with Crippen LogP contribution in [0.15, 0.2) is 0 Å². The topological polar surface area (TPSA) is 61.1 Å². The van der Waals surface area contributed by atoms with Crippen LogP contribution in [0.2, 0.25) is 0 Å². The number of carboxylic acid groups (broad SMARTS) is 1. The largest absolute Gasteiger partial charge is 0.480 e. The van der Waals surface area contributed by atoms with Gasteiger partial charge in [0.15, 0.2) is 28.7 Å². The second-order valence-corrected chi connectivity index (χ2v) is 3.62. The summed E-state index contributed by atoms with van der Waals surface area (Å²) in [5.41, 5.74) is -4.50. The van der Waals surface area contributed by atoms with E-state index < -0.39 is 52.5 Å². The van der Waals surface area contributed by atoms with Crippen molar-refractivity contribution in [2.75, 3.05) is 0 Å². The van der Waals surface area contributed by atoms with Gasteiger partial charge in [0.1, 0.15) is 0 Å². The summed E-state index contributed by atoms with van der Waals surface area (Å²) < 4.78 is 65.8. The van der Waals surface area contributed by atoms with Crippen LogP contribution in [0, 0.1) is 40.4 Å². The average molecular weight is 279 g/mol. The lowest BCUT2D eigenvalue weighted by molar-refractivity contribution is -0.141. The summed E-state index contributed by atoms with van der Waals surface area (Å²) in [6, 6.07) is 1.10. The summed E-state index contributed by atoms with van der Waals surface area (Å²) >= 11 is 0. The third-order valence-corrected chi connectivity index (χ3v) is 2.72. The molecule has 0 fully saturated rings. The molecule has 0 aliphatic heterocycles. The first-order valence-electron chi connectivity index (χ1n) is 4.91. The van der Waals surface area contributed by atoms with E-state index >= 15 is 0 Å². The third-order valence-electron chi connectivity index (χ3n) is 2.72. The van der Waals surface area contributed by atoms with E-state index in [9.17, 15) is 26.7 Å². The lowest BCUT2D eigenvalue weighted by Crippen LogP contribution is -2.36. The highest BCUT2D eigenvalue weighted by molar-refractivity contribution is 5.85. The normalized spacial score (nSPS) is 13.7. The van der Waals surface area contributed by atoms with Crippen molar-refractivity contribution in [3.8, 4) is 6.07 Å². The molecule has 1 aromatic rings. The van der Waals surface area contributed by atoms with Gasteiger partial charge in [-0.2, -0.15) is 5.26 Å². The fourth-order valence-electron chi connectivity index (χ4n) is 1.60. The van der Waals surface area contributed by atoms with Crippen LogP contribution in [0.4, 0.5) is 22.0 Å². The van der Waals surface area contributed by atoms with E-state index in [4.69, 9.17) is 10.4 Å². The summed E-state index contributed by atoms with van der Waals surface area (Å²) in [7, 11) is 0. The number of carboxylic acids is 1. The van der Waals surface area contributed by atoms with Crippen LogP contribution in [-0.4, -0.2) is 11.1 Å². The van der Waals surface area contributed by atoms with E-state index in [-0.39, 0.29) is 0 Å². The van der Waals surface area contributed by atoms with Crippen molar-refractivity contribution in [1.29, 1.82) is 5.26 Å². The minimum atomic E-state index is -2.84. The van der Waals surface area contributed by atoms with Gasteiger partial charge < -0.3 is 5.11 Å². The molecular weight excluding hydrogens is 273 g/mol. The molecule has 0 bridgehead atoms. The zero-order valence-electron chi connectivity index (χ0n) is 9.40. The molecule has 0 aromatic heterocycles. The van der Waals surface area contributed by atoms with Gasteiger partial charge in [-0.1, -0.05) is 6.92 Å².